The molecule has 1 aromatic carbocycles. The number of nitrogens with zero attached hydrogens (tertiary/aromatic N) is 1. The number of benzene rings is 1. The van der Waals surface area contributed by atoms with Crippen molar-refractivity contribution in [1.29, 1.82) is 0 Å². The van der Waals surface area contributed by atoms with Crippen molar-refractivity contribution in [2.75, 3.05) is 5.32 Å². The minimum absolute atomic E-state index is 0.209. The molecule has 1 heterocycles. The summed E-state index contributed by atoms with van der Waals surface area (Å²) in [4.78, 5) is 15.3. The van der Waals surface area contributed by atoms with E-state index in [0.717, 1.165) is 14.6 Å². The maximum Gasteiger partial charge on any atom is 0.335 e. The Balaban J connectivity index is 2.38. The topological polar surface area (TPSA) is 62.2 Å². The van der Waals surface area contributed by atoms with Crippen LogP contribution in [0.25, 0.3) is 0 Å². The van der Waals surface area contributed by atoms with E-state index in [1.807, 2.05) is 18.2 Å². The maximum absolute atomic E-state index is 11.0. The number of carbonyl (C=O) groups is 1. The number of aromatic nitrogens is 1. The van der Waals surface area contributed by atoms with E-state index in [0.29, 0.717) is 11.5 Å². The van der Waals surface area contributed by atoms with Crippen molar-refractivity contribution in [2.24, 2.45) is 0 Å². The number of aromatic carboxylic acids is 1. The fourth-order valence-corrected chi connectivity index (χ4v) is 2.29. The predicted molar refractivity (Wildman–Crippen MR) is 81.1 cm³/mol. The number of hydrogen-bond donors (Lipinski definition) is 2. The first-order chi connectivity index (χ1) is 8.95. The molecule has 1 aromatic heterocycles. The lowest BCUT2D eigenvalue weighted by atomic mass is 10.2. The van der Waals surface area contributed by atoms with E-state index < -0.39 is 5.97 Å². The number of hydrogen-bond acceptors (Lipinski definition) is 3. The van der Waals surface area contributed by atoms with Crippen LogP contribution in [0.5, 0.6) is 0 Å². The van der Waals surface area contributed by atoms with E-state index in [-0.39, 0.29) is 5.56 Å². The monoisotopic (exact) mass is 384 g/mol. The van der Waals surface area contributed by atoms with Gasteiger partial charge in [-0.05, 0) is 53.2 Å². The molecule has 0 unspecified atom stereocenters. The lowest BCUT2D eigenvalue weighted by Crippen LogP contribution is -2.02. The summed E-state index contributed by atoms with van der Waals surface area (Å²) in [5.74, 6) is -0.474. The van der Waals surface area contributed by atoms with Gasteiger partial charge in [-0.3, -0.25) is 0 Å². The molecule has 0 bridgehead atoms. The highest BCUT2D eigenvalue weighted by atomic mass is 79.9. The van der Waals surface area contributed by atoms with E-state index in [9.17, 15) is 4.79 Å². The van der Waals surface area contributed by atoms with Gasteiger partial charge in [-0.15, -0.1) is 0 Å². The lowest BCUT2D eigenvalue weighted by Gasteiger charge is -2.10. The van der Waals surface area contributed by atoms with Crippen molar-refractivity contribution in [3.05, 3.63) is 50.5 Å². The molecule has 4 nitrogen and oxygen atoms in total. The molecule has 19 heavy (non-hydrogen) atoms. The average molecular weight is 386 g/mol. The van der Waals surface area contributed by atoms with Crippen molar-refractivity contribution in [1.82, 2.24) is 4.98 Å². The second-order valence-corrected chi connectivity index (χ2v) is 5.71. The molecule has 0 aliphatic carbocycles. The lowest BCUT2D eigenvalue weighted by molar-refractivity contribution is 0.0696. The third kappa shape index (κ3) is 3.54. The van der Waals surface area contributed by atoms with Crippen LogP contribution in [0, 0.1) is 6.92 Å². The van der Waals surface area contributed by atoms with Gasteiger partial charge in [0.25, 0.3) is 0 Å². The van der Waals surface area contributed by atoms with Gasteiger partial charge in [-0.1, -0.05) is 15.9 Å². The van der Waals surface area contributed by atoms with Crippen molar-refractivity contribution in [3.63, 3.8) is 0 Å². The highest BCUT2D eigenvalue weighted by Gasteiger charge is 2.08. The Bertz CT molecular complexity index is 645. The fourth-order valence-electron chi connectivity index (χ4n) is 1.59. The molecule has 98 valence electrons. The van der Waals surface area contributed by atoms with Crippen LogP contribution in [0.1, 0.15) is 16.1 Å². The quantitative estimate of drug-likeness (QED) is 0.824. The first-order valence-corrected chi connectivity index (χ1v) is 6.98. The Morgan fingerprint density at radius 1 is 1.26 bits per heavy atom. The average Bonchev–Trinajstić information content (AvgIpc) is 2.33. The largest absolute Gasteiger partial charge is 0.478 e. The maximum atomic E-state index is 11.0. The summed E-state index contributed by atoms with van der Waals surface area (Å²) in [7, 11) is 0. The molecule has 6 heteroatoms. The van der Waals surface area contributed by atoms with E-state index in [1.54, 1.807) is 6.92 Å². The Labute approximate surface area is 127 Å². The van der Waals surface area contributed by atoms with Gasteiger partial charge < -0.3 is 10.4 Å². The first-order valence-electron chi connectivity index (χ1n) is 5.40. The van der Waals surface area contributed by atoms with Gasteiger partial charge in [0.15, 0.2) is 0 Å². The Kier molecular flexibility index (Phi) is 4.21. The number of anilines is 2. The van der Waals surface area contributed by atoms with Gasteiger partial charge in [0.2, 0.25) is 0 Å². The molecule has 0 saturated heterocycles. The molecule has 2 rings (SSSR count). The fraction of sp³-hybridized carbons (Fsp3) is 0.0769. The van der Waals surface area contributed by atoms with Gasteiger partial charge in [0, 0.05) is 14.6 Å². The van der Waals surface area contributed by atoms with Crippen molar-refractivity contribution < 1.29 is 9.90 Å². The normalized spacial score (nSPS) is 10.3. The van der Waals surface area contributed by atoms with Gasteiger partial charge in [-0.25, -0.2) is 9.78 Å². The number of carboxylic acids is 1. The van der Waals surface area contributed by atoms with Crippen LogP contribution in [0.15, 0.2) is 39.3 Å². The van der Waals surface area contributed by atoms with Crippen LogP contribution in [-0.4, -0.2) is 16.1 Å². The SMILES string of the molecule is Cc1cc(C(=O)O)cc(Nc2cc(Br)ccc2Br)n1. The van der Waals surface area contributed by atoms with Crippen molar-refractivity contribution in [2.45, 2.75) is 6.92 Å². The standard InChI is InChI=1S/C13H10Br2N2O2/c1-7-4-8(13(18)19)5-12(16-7)17-11-6-9(14)2-3-10(11)15/h2-6H,1H3,(H,16,17)(H,18,19). The molecule has 2 aromatic rings. The van der Waals surface area contributed by atoms with Crippen molar-refractivity contribution in [3.8, 4) is 0 Å². The Hall–Kier alpha value is -1.40. The molecule has 0 atom stereocenters. The van der Waals surface area contributed by atoms with Crippen LogP contribution in [-0.2, 0) is 0 Å². The van der Waals surface area contributed by atoms with E-state index >= 15 is 0 Å². The summed E-state index contributed by atoms with van der Waals surface area (Å²) < 4.78 is 1.79. The van der Waals surface area contributed by atoms with Gasteiger partial charge >= 0.3 is 5.97 Å². The molecule has 0 fully saturated rings. The number of carboxylic acid groups (broad SMARTS) is 1. The molecule has 0 spiro atoms. The van der Waals surface area contributed by atoms with Gasteiger partial charge in [-0.2, -0.15) is 0 Å². The zero-order valence-corrected chi connectivity index (χ0v) is 13.1. The third-order valence-electron chi connectivity index (χ3n) is 2.39. The smallest absolute Gasteiger partial charge is 0.335 e. The summed E-state index contributed by atoms with van der Waals surface area (Å²) >= 11 is 6.81. The molecule has 0 aliphatic rings. The highest BCUT2D eigenvalue weighted by Crippen LogP contribution is 2.28. The minimum atomic E-state index is -0.971. The van der Waals surface area contributed by atoms with Crippen molar-refractivity contribution >= 4 is 49.3 Å². The van der Waals surface area contributed by atoms with Crippen LogP contribution < -0.4 is 5.32 Å². The summed E-state index contributed by atoms with van der Waals surface area (Å²) in [6.45, 7) is 1.76. The van der Waals surface area contributed by atoms with Crippen LogP contribution in [0.3, 0.4) is 0 Å². The van der Waals surface area contributed by atoms with E-state index in [1.165, 1.54) is 12.1 Å². The summed E-state index contributed by atoms with van der Waals surface area (Å²) in [6, 6.07) is 8.71. The number of aryl methyl sites for hydroxylation is 1. The molecule has 0 radical (unpaired) electrons. The number of nitrogens with one attached hydrogen (secondary N) is 1. The summed E-state index contributed by atoms with van der Waals surface area (Å²) in [5.41, 5.74) is 1.67. The predicted octanol–water partition coefficient (Wildman–Crippen LogP) is 4.36. The summed E-state index contributed by atoms with van der Waals surface area (Å²) in [6.07, 6.45) is 0. The zero-order valence-electron chi connectivity index (χ0n) is 9.95. The molecule has 2 N–H and O–H groups in total. The first kappa shape index (κ1) is 14.0. The van der Waals surface area contributed by atoms with E-state index in [2.05, 4.69) is 42.2 Å². The second-order valence-electron chi connectivity index (χ2n) is 3.94. The Morgan fingerprint density at radius 3 is 2.68 bits per heavy atom. The number of halogens is 2. The number of pyridine rings is 1. The molecular formula is C13H10Br2N2O2. The van der Waals surface area contributed by atoms with Crippen LogP contribution in [0.2, 0.25) is 0 Å². The molecule has 0 aliphatic heterocycles. The number of rotatable bonds is 3. The van der Waals surface area contributed by atoms with Crippen LogP contribution in [0.4, 0.5) is 11.5 Å². The minimum Gasteiger partial charge on any atom is -0.478 e. The molecular weight excluding hydrogens is 376 g/mol. The van der Waals surface area contributed by atoms with Crippen LogP contribution >= 0.6 is 31.9 Å². The highest BCUT2D eigenvalue weighted by molar-refractivity contribution is 9.11. The van der Waals surface area contributed by atoms with Gasteiger partial charge in [0.1, 0.15) is 5.82 Å². The van der Waals surface area contributed by atoms with Gasteiger partial charge in [0.05, 0.1) is 11.3 Å². The van der Waals surface area contributed by atoms with E-state index in [4.69, 9.17) is 5.11 Å². The summed E-state index contributed by atoms with van der Waals surface area (Å²) in [5, 5.41) is 12.1. The second kappa shape index (κ2) is 5.71. The molecule has 0 amide bonds. The Morgan fingerprint density at radius 2 is 2.00 bits per heavy atom. The third-order valence-corrected chi connectivity index (χ3v) is 3.58. The molecule has 0 saturated carbocycles. The zero-order chi connectivity index (χ0) is 14.0.